The molecule has 0 bridgehead atoms. The van der Waals surface area contributed by atoms with Gasteiger partial charge in [-0.15, -0.1) is 0 Å². The zero-order valence-electron chi connectivity index (χ0n) is 15.6. The van der Waals surface area contributed by atoms with Crippen molar-refractivity contribution in [2.45, 2.75) is 0 Å². The van der Waals surface area contributed by atoms with Crippen LogP contribution in [0.3, 0.4) is 0 Å². The van der Waals surface area contributed by atoms with E-state index in [0.717, 1.165) is 20.6 Å². The van der Waals surface area contributed by atoms with Crippen molar-refractivity contribution >= 4 is 43.3 Å². The van der Waals surface area contributed by atoms with Crippen LogP contribution in [0.25, 0.3) is 21.7 Å². The zero-order valence-corrected chi connectivity index (χ0v) is 17.2. The Morgan fingerprint density at radius 3 is 2.30 bits per heavy atom. The van der Waals surface area contributed by atoms with Gasteiger partial charge in [-0.05, 0) is 29.7 Å². The standard InChI is InChI=1S/C23H15BrN4O2/c24-17-10-11-19(21-16(17)8-4-12-26-21)30-23-20(25)22(27-13-28-23)29-18-9-3-6-14-5-1-2-7-15(14)18/h1-13H,25H2. The average molecular weight is 459 g/mol. The van der Waals surface area contributed by atoms with Gasteiger partial charge in [0.25, 0.3) is 0 Å². The monoisotopic (exact) mass is 458 g/mol. The molecular weight excluding hydrogens is 444 g/mol. The summed E-state index contributed by atoms with van der Waals surface area (Å²) in [5.74, 6) is 1.62. The molecule has 0 amide bonds. The van der Waals surface area contributed by atoms with E-state index in [1.165, 1.54) is 6.33 Å². The van der Waals surface area contributed by atoms with Crippen LogP contribution in [-0.2, 0) is 0 Å². The second kappa shape index (κ2) is 7.61. The number of fused-ring (bicyclic) bond motifs is 2. The van der Waals surface area contributed by atoms with Gasteiger partial charge in [-0.2, -0.15) is 9.97 Å². The summed E-state index contributed by atoms with van der Waals surface area (Å²) in [4.78, 5) is 12.8. The number of aromatic nitrogens is 3. The molecule has 0 saturated heterocycles. The van der Waals surface area contributed by atoms with Crippen molar-refractivity contribution in [3.05, 3.63) is 83.7 Å². The Kier molecular flexibility index (Phi) is 4.65. The maximum absolute atomic E-state index is 6.29. The molecule has 0 aliphatic rings. The van der Waals surface area contributed by atoms with Gasteiger partial charge in [-0.25, -0.2) is 0 Å². The van der Waals surface area contributed by atoms with Gasteiger partial charge in [0.15, 0.2) is 11.4 Å². The van der Waals surface area contributed by atoms with E-state index >= 15 is 0 Å². The molecule has 5 aromatic rings. The van der Waals surface area contributed by atoms with Crippen molar-refractivity contribution in [2.24, 2.45) is 0 Å². The number of benzene rings is 3. The summed E-state index contributed by atoms with van der Waals surface area (Å²) < 4.78 is 13.0. The van der Waals surface area contributed by atoms with Crippen LogP contribution in [-0.4, -0.2) is 15.0 Å². The highest BCUT2D eigenvalue weighted by atomic mass is 79.9. The molecular formula is C23H15BrN4O2. The Morgan fingerprint density at radius 1 is 0.700 bits per heavy atom. The van der Waals surface area contributed by atoms with E-state index in [1.54, 1.807) is 6.20 Å². The number of pyridine rings is 1. The highest BCUT2D eigenvalue weighted by molar-refractivity contribution is 9.10. The van der Waals surface area contributed by atoms with E-state index in [1.807, 2.05) is 66.7 Å². The van der Waals surface area contributed by atoms with E-state index in [9.17, 15) is 0 Å². The summed E-state index contributed by atoms with van der Waals surface area (Å²) in [6.45, 7) is 0. The minimum absolute atomic E-state index is 0.203. The largest absolute Gasteiger partial charge is 0.436 e. The first-order valence-electron chi connectivity index (χ1n) is 9.18. The predicted molar refractivity (Wildman–Crippen MR) is 120 cm³/mol. The van der Waals surface area contributed by atoms with E-state index in [0.29, 0.717) is 17.0 Å². The zero-order chi connectivity index (χ0) is 20.5. The SMILES string of the molecule is Nc1c(Oc2cccc3ccccc23)ncnc1Oc1ccc(Br)c2cccnc12. The van der Waals surface area contributed by atoms with Crippen LogP contribution >= 0.6 is 15.9 Å². The van der Waals surface area contributed by atoms with Gasteiger partial charge < -0.3 is 15.2 Å². The van der Waals surface area contributed by atoms with Crippen LogP contribution in [0.1, 0.15) is 0 Å². The first-order valence-corrected chi connectivity index (χ1v) is 9.97. The smallest absolute Gasteiger partial charge is 0.249 e. The van der Waals surface area contributed by atoms with Gasteiger partial charge in [-0.1, -0.05) is 58.4 Å². The van der Waals surface area contributed by atoms with E-state index in [-0.39, 0.29) is 17.4 Å². The highest BCUT2D eigenvalue weighted by Gasteiger charge is 2.16. The van der Waals surface area contributed by atoms with E-state index < -0.39 is 0 Å². The summed E-state index contributed by atoms with van der Waals surface area (Å²) >= 11 is 3.53. The van der Waals surface area contributed by atoms with E-state index in [4.69, 9.17) is 15.2 Å². The van der Waals surface area contributed by atoms with Gasteiger partial charge in [0.2, 0.25) is 11.8 Å². The molecule has 7 heteroatoms. The van der Waals surface area contributed by atoms with Gasteiger partial charge in [0.1, 0.15) is 17.6 Å². The fourth-order valence-electron chi connectivity index (χ4n) is 3.21. The third kappa shape index (κ3) is 3.29. The molecule has 0 unspecified atom stereocenters. The van der Waals surface area contributed by atoms with Crippen LogP contribution in [0.4, 0.5) is 5.69 Å². The molecule has 6 nitrogen and oxygen atoms in total. The highest BCUT2D eigenvalue weighted by Crippen LogP contribution is 2.38. The molecule has 0 radical (unpaired) electrons. The summed E-state index contributed by atoms with van der Waals surface area (Å²) in [5.41, 5.74) is 7.19. The topological polar surface area (TPSA) is 83.2 Å². The molecule has 3 aromatic carbocycles. The lowest BCUT2D eigenvalue weighted by Crippen LogP contribution is -2.01. The number of halogens is 1. The quantitative estimate of drug-likeness (QED) is 0.349. The van der Waals surface area contributed by atoms with Crippen molar-refractivity contribution in [3.63, 3.8) is 0 Å². The fourth-order valence-corrected chi connectivity index (χ4v) is 3.67. The fraction of sp³-hybridized carbons (Fsp3) is 0. The maximum Gasteiger partial charge on any atom is 0.249 e. The molecule has 0 fully saturated rings. The maximum atomic E-state index is 6.29. The normalized spacial score (nSPS) is 11.0. The first kappa shape index (κ1) is 18.3. The van der Waals surface area contributed by atoms with Gasteiger partial charge in [0, 0.05) is 21.4 Å². The average Bonchev–Trinajstić information content (AvgIpc) is 2.79. The number of nitrogens with two attached hydrogens (primary N) is 1. The third-order valence-electron chi connectivity index (χ3n) is 4.65. The lowest BCUT2D eigenvalue weighted by atomic mass is 10.1. The van der Waals surface area contributed by atoms with Crippen molar-refractivity contribution in [3.8, 4) is 23.3 Å². The van der Waals surface area contributed by atoms with Crippen LogP contribution in [0.2, 0.25) is 0 Å². The summed E-state index contributed by atoms with van der Waals surface area (Å²) in [6, 6.07) is 21.3. The molecule has 146 valence electrons. The van der Waals surface area contributed by atoms with Crippen LogP contribution < -0.4 is 15.2 Å². The Hall–Kier alpha value is -3.71. The number of nitrogen functional groups attached to an aromatic ring is 1. The lowest BCUT2D eigenvalue weighted by Gasteiger charge is -2.13. The van der Waals surface area contributed by atoms with Crippen molar-refractivity contribution in [2.75, 3.05) is 5.73 Å². The molecule has 30 heavy (non-hydrogen) atoms. The van der Waals surface area contributed by atoms with Crippen LogP contribution in [0.5, 0.6) is 23.3 Å². The predicted octanol–water partition coefficient (Wildman–Crippen LogP) is 6.11. The van der Waals surface area contributed by atoms with Crippen LogP contribution in [0, 0.1) is 0 Å². The molecule has 2 aromatic heterocycles. The van der Waals surface area contributed by atoms with Gasteiger partial charge >= 0.3 is 0 Å². The molecule has 2 heterocycles. The Labute approximate surface area is 180 Å². The summed E-state index contributed by atoms with van der Waals surface area (Å²) in [7, 11) is 0. The number of anilines is 1. The third-order valence-corrected chi connectivity index (χ3v) is 5.34. The summed E-state index contributed by atoms with van der Waals surface area (Å²) in [5, 5.41) is 2.95. The van der Waals surface area contributed by atoms with Crippen molar-refractivity contribution in [1.29, 1.82) is 0 Å². The second-order valence-electron chi connectivity index (χ2n) is 6.52. The number of rotatable bonds is 4. The minimum atomic E-state index is 0.203. The molecule has 0 atom stereocenters. The van der Waals surface area contributed by atoms with Crippen molar-refractivity contribution < 1.29 is 9.47 Å². The van der Waals surface area contributed by atoms with Gasteiger partial charge in [0.05, 0.1) is 0 Å². The Morgan fingerprint density at radius 2 is 1.43 bits per heavy atom. The molecule has 2 N–H and O–H groups in total. The molecule has 0 aliphatic heterocycles. The van der Waals surface area contributed by atoms with Crippen molar-refractivity contribution in [1.82, 2.24) is 15.0 Å². The molecule has 0 saturated carbocycles. The number of ether oxygens (including phenoxy) is 2. The number of hydrogen-bond acceptors (Lipinski definition) is 6. The number of nitrogens with zero attached hydrogens (tertiary/aromatic N) is 3. The minimum Gasteiger partial charge on any atom is -0.436 e. The summed E-state index contributed by atoms with van der Waals surface area (Å²) in [6.07, 6.45) is 3.07. The number of hydrogen-bond donors (Lipinski definition) is 1. The van der Waals surface area contributed by atoms with Gasteiger partial charge in [-0.3, -0.25) is 4.98 Å². The van der Waals surface area contributed by atoms with E-state index in [2.05, 4.69) is 30.9 Å². The Bertz CT molecular complexity index is 1390. The molecule has 5 rings (SSSR count). The Balaban J connectivity index is 1.52. The molecule has 0 spiro atoms. The lowest BCUT2D eigenvalue weighted by molar-refractivity contribution is 0.442. The first-order chi connectivity index (χ1) is 14.7. The van der Waals surface area contributed by atoms with Crippen LogP contribution in [0.15, 0.2) is 83.7 Å². The molecule has 0 aliphatic carbocycles. The second-order valence-corrected chi connectivity index (χ2v) is 7.38.